The molecule has 0 bridgehead atoms. The predicted molar refractivity (Wildman–Crippen MR) is 125 cm³/mol. The van der Waals surface area contributed by atoms with Crippen molar-refractivity contribution in [1.29, 1.82) is 0 Å². The maximum absolute atomic E-state index is 13.3. The lowest BCUT2D eigenvalue weighted by atomic mass is 9.83. The Morgan fingerprint density at radius 2 is 1.94 bits per heavy atom. The van der Waals surface area contributed by atoms with Gasteiger partial charge in [0.25, 0.3) is 5.56 Å². The van der Waals surface area contributed by atoms with Gasteiger partial charge in [0.1, 0.15) is 23.0 Å². The number of nitrogens with zero attached hydrogens (tertiary/aromatic N) is 4. The summed E-state index contributed by atoms with van der Waals surface area (Å²) in [6.45, 7) is 4.96. The van der Waals surface area contributed by atoms with Crippen LogP contribution in [0, 0.1) is 13.8 Å². The summed E-state index contributed by atoms with van der Waals surface area (Å²) in [5, 5.41) is 0.720. The van der Waals surface area contributed by atoms with E-state index in [2.05, 4.69) is 9.88 Å². The van der Waals surface area contributed by atoms with E-state index in [1.807, 2.05) is 6.07 Å². The maximum atomic E-state index is 13.3. The first-order chi connectivity index (χ1) is 15.3. The third-order valence-electron chi connectivity index (χ3n) is 6.56. The van der Waals surface area contributed by atoms with Gasteiger partial charge >= 0.3 is 0 Å². The summed E-state index contributed by atoms with van der Waals surface area (Å²) < 4.78 is 7.80. The molecule has 5 rings (SSSR count). The minimum Gasteiger partial charge on any atom is -0.483 e. The SMILES string of the molecule is Cc1c(N2CCC3(CC2)Oc2cnccc2[C@@H]3N)nc(C)n(-c2cccc(Cl)c2Cl)c1=O. The van der Waals surface area contributed by atoms with Crippen LogP contribution in [0.15, 0.2) is 41.5 Å². The van der Waals surface area contributed by atoms with Crippen LogP contribution >= 0.6 is 23.2 Å². The summed E-state index contributed by atoms with van der Waals surface area (Å²) in [6, 6.07) is 6.95. The molecule has 1 spiro atoms. The van der Waals surface area contributed by atoms with Crippen molar-refractivity contribution in [2.45, 2.75) is 38.3 Å². The zero-order chi connectivity index (χ0) is 22.6. The molecule has 2 N–H and O–H groups in total. The first kappa shape index (κ1) is 21.2. The van der Waals surface area contributed by atoms with Crippen molar-refractivity contribution in [2.24, 2.45) is 5.73 Å². The molecule has 0 aliphatic carbocycles. The molecule has 0 unspecified atom stereocenters. The molecule has 2 aliphatic rings. The molecule has 1 atom stereocenters. The summed E-state index contributed by atoms with van der Waals surface area (Å²) in [7, 11) is 0. The molecule has 2 aromatic heterocycles. The number of nitrogens with two attached hydrogens (primary N) is 1. The number of pyridine rings is 1. The zero-order valence-electron chi connectivity index (χ0n) is 17.8. The van der Waals surface area contributed by atoms with Crippen LogP contribution in [0.4, 0.5) is 5.82 Å². The first-order valence-corrected chi connectivity index (χ1v) is 11.3. The van der Waals surface area contributed by atoms with Gasteiger partial charge in [-0.05, 0) is 32.0 Å². The molecular weight excluding hydrogens is 449 g/mol. The number of benzene rings is 1. The van der Waals surface area contributed by atoms with Crippen LogP contribution < -0.4 is 20.9 Å². The van der Waals surface area contributed by atoms with Crippen LogP contribution in [0.3, 0.4) is 0 Å². The van der Waals surface area contributed by atoms with Crippen LogP contribution in [-0.2, 0) is 0 Å². The Morgan fingerprint density at radius 3 is 2.66 bits per heavy atom. The van der Waals surface area contributed by atoms with Gasteiger partial charge < -0.3 is 15.4 Å². The summed E-state index contributed by atoms with van der Waals surface area (Å²) >= 11 is 12.5. The van der Waals surface area contributed by atoms with Gasteiger partial charge in [-0.1, -0.05) is 29.3 Å². The standard InChI is InChI=1S/C23H23Cl2N5O2/c1-13-21(28-14(2)30(22(13)31)17-5-3-4-16(24)19(17)25)29-10-7-23(8-11-29)20(26)15-6-9-27-12-18(15)32-23/h3-6,9,12,20H,7-8,10-11,26H2,1-2H3/t20-/m0/s1. The number of piperidine rings is 1. The Morgan fingerprint density at radius 1 is 1.19 bits per heavy atom. The van der Waals surface area contributed by atoms with Crippen LogP contribution in [-0.4, -0.2) is 33.2 Å². The number of hydrogen-bond donors (Lipinski definition) is 1. The van der Waals surface area contributed by atoms with Crippen molar-refractivity contribution in [3.8, 4) is 11.4 Å². The van der Waals surface area contributed by atoms with Crippen molar-refractivity contribution in [3.05, 3.63) is 74.0 Å². The monoisotopic (exact) mass is 471 g/mol. The van der Waals surface area contributed by atoms with Crippen LogP contribution in [0.1, 0.15) is 35.8 Å². The van der Waals surface area contributed by atoms with E-state index >= 15 is 0 Å². The van der Waals surface area contributed by atoms with Gasteiger partial charge in [0, 0.05) is 37.7 Å². The van der Waals surface area contributed by atoms with E-state index in [1.165, 1.54) is 4.57 Å². The number of fused-ring (bicyclic) bond motifs is 1. The quantitative estimate of drug-likeness (QED) is 0.607. The molecule has 166 valence electrons. The highest BCUT2D eigenvalue weighted by atomic mass is 35.5. The molecule has 1 fully saturated rings. The number of hydrogen-bond acceptors (Lipinski definition) is 6. The van der Waals surface area contributed by atoms with Gasteiger partial charge in [-0.3, -0.25) is 14.3 Å². The summed E-state index contributed by atoms with van der Waals surface area (Å²) in [5.74, 6) is 1.99. The fourth-order valence-corrected chi connectivity index (χ4v) is 5.14. The molecule has 1 aromatic carbocycles. The van der Waals surface area contributed by atoms with Crippen molar-refractivity contribution in [1.82, 2.24) is 14.5 Å². The fourth-order valence-electron chi connectivity index (χ4n) is 4.76. The van der Waals surface area contributed by atoms with Gasteiger partial charge in [0.2, 0.25) is 0 Å². The molecule has 0 radical (unpaired) electrons. The minimum atomic E-state index is -0.450. The molecule has 2 aliphatic heterocycles. The Balaban J connectivity index is 1.44. The van der Waals surface area contributed by atoms with E-state index in [9.17, 15) is 4.79 Å². The van der Waals surface area contributed by atoms with E-state index in [4.69, 9.17) is 38.7 Å². The molecule has 9 heteroatoms. The van der Waals surface area contributed by atoms with Gasteiger partial charge in [0.05, 0.1) is 33.5 Å². The number of anilines is 1. The molecule has 7 nitrogen and oxygen atoms in total. The number of halogens is 2. The average Bonchev–Trinajstić information content (AvgIpc) is 3.06. The molecular formula is C23H23Cl2N5O2. The van der Waals surface area contributed by atoms with Gasteiger partial charge in [0.15, 0.2) is 0 Å². The highest BCUT2D eigenvalue weighted by molar-refractivity contribution is 6.43. The maximum Gasteiger partial charge on any atom is 0.263 e. The Labute approximate surface area is 195 Å². The Bertz CT molecular complexity index is 1270. The highest BCUT2D eigenvalue weighted by Gasteiger charge is 2.48. The van der Waals surface area contributed by atoms with E-state index in [0.29, 0.717) is 46.0 Å². The molecule has 4 heterocycles. The van der Waals surface area contributed by atoms with Gasteiger partial charge in [-0.25, -0.2) is 4.98 Å². The second-order valence-electron chi connectivity index (χ2n) is 8.37. The van der Waals surface area contributed by atoms with Gasteiger partial charge in [-0.2, -0.15) is 0 Å². The number of ether oxygens (including phenoxy) is 1. The van der Waals surface area contributed by atoms with E-state index in [0.717, 1.165) is 24.2 Å². The predicted octanol–water partition coefficient (Wildman–Crippen LogP) is 3.98. The van der Waals surface area contributed by atoms with E-state index in [-0.39, 0.29) is 11.6 Å². The van der Waals surface area contributed by atoms with Crippen LogP contribution in [0.2, 0.25) is 10.0 Å². The van der Waals surface area contributed by atoms with Crippen LogP contribution in [0.5, 0.6) is 5.75 Å². The molecule has 1 saturated heterocycles. The molecule has 32 heavy (non-hydrogen) atoms. The van der Waals surface area contributed by atoms with Crippen molar-refractivity contribution in [2.75, 3.05) is 18.0 Å². The van der Waals surface area contributed by atoms with E-state index in [1.54, 1.807) is 44.4 Å². The lowest BCUT2D eigenvalue weighted by Crippen LogP contribution is -2.52. The second kappa shape index (κ2) is 7.76. The Hall–Kier alpha value is -2.61. The van der Waals surface area contributed by atoms with Crippen molar-refractivity contribution in [3.63, 3.8) is 0 Å². The third kappa shape index (κ3) is 3.18. The molecule has 0 saturated carbocycles. The number of aromatic nitrogens is 3. The van der Waals surface area contributed by atoms with Gasteiger partial charge in [-0.15, -0.1) is 0 Å². The van der Waals surface area contributed by atoms with Crippen LogP contribution in [0.25, 0.3) is 5.69 Å². The van der Waals surface area contributed by atoms with Crippen molar-refractivity contribution < 1.29 is 4.74 Å². The highest BCUT2D eigenvalue weighted by Crippen LogP contribution is 2.47. The molecule has 0 amide bonds. The summed E-state index contributed by atoms with van der Waals surface area (Å²) in [6.07, 6.45) is 4.93. The first-order valence-electron chi connectivity index (χ1n) is 10.5. The topological polar surface area (TPSA) is 86.3 Å². The average molecular weight is 472 g/mol. The lowest BCUT2D eigenvalue weighted by molar-refractivity contribution is 0.0428. The molecule has 3 aromatic rings. The number of rotatable bonds is 2. The lowest BCUT2D eigenvalue weighted by Gasteiger charge is -2.41. The second-order valence-corrected chi connectivity index (χ2v) is 9.15. The number of aryl methyl sites for hydroxylation is 1. The summed E-state index contributed by atoms with van der Waals surface area (Å²) in [4.78, 5) is 24.4. The van der Waals surface area contributed by atoms with E-state index < -0.39 is 5.60 Å². The summed E-state index contributed by atoms with van der Waals surface area (Å²) in [5.41, 5.74) is 8.04. The normalized spacial score (nSPS) is 19.2. The smallest absolute Gasteiger partial charge is 0.263 e. The third-order valence-corrected chi connectivity index (χ3v) is 7.37. The largest absolute Gasteiger partial charge is 0.483 e. The van der Waals surface area contributed by atoms with Crippen molar-refractivity contribution >= 4 is 29.0 Å². The fraction of sp³-hybridized carbons (Fsp3) is 0.348. The Kier molecular flexibility index (Phi) is 5.15. The minimum absolute atomic E-state index is 0.163. The zero-order valence-corrected chi connectivity index (χ0v) is 19.3.